The summed E-state index contributed by atoms with van der Waals surface area (Å²) in [5.74, 6) is 0.00606. The van der Waals surface area contributed by atoms with E-state index in [2.05, 4.69) is 10.00 Å². The molecule has 2 fully saturated rings. The van der Waals surface area contributed by atoms with Crippen LogP contribution in [0.5, 0.6) is 0 Å². The van der Waals surface area contributed by atoms with Crippen LogP contribution in [-0.2, 0) is 7.05 Å². The summed E-state index contributed by atoms with van der Waals surface area (Å²) in [6.07, 6.45) is 3.97. The largest absolute Gasteiger partial charge is 0.334 e. The topological polar surface area (TPSA) is 41.4 Å². The van der Waals surface area contributed by atoms with E-state index in [1.807, 2.05) is 4.90 Å². The standard InChI is InChI=1S/C12H17ClN4O/c1-15-11(10(13)7-14-15)12(18)17-6-5-16-4-2-3-9(16)8-17/h7,9H,2-6,8H2,1H3/t9-/m1/s1. The smallest absolute Gasteiger partial charge is 0.273 e. The number of aryl methyl sites for hydroxylation is 1. The summed E-state index contributed by atoms with van der Waals surface area (Å²) in [7, 11) is 1.75. The summed E-state index contributed by atoms with van der Waals surface area (Å²) >= 11 is 6.03. The van der Waals surface area contributed by atoms with Crippen molar-refractivity contribution in [2.45, 2.75) is 18.9 Å². The predicted molar refractivity (Wildman–Crippen MR) is 68.7 cm³/mol. The lowest BCUT2D eigenvalue weighted by molar-refractivity contribution is 0.0561. The van der Waals surface area contributed by atoms with Crippen molar-refractivity contribution in [1.29, 1.82) is 0 Å². The van der Waals surface area contributed by atoms with Crippen LogP contribution >= 0.6 is 11.6 Å². The van der Waals surface area contributed by atoms with E-state index >= 15 is 0 Å². The molecule has 98 valence electrons. The highest BCUT2D eigenvalue weighted by Crippen LogP contribution is 2.24. The monoisotopic (exact) mass is 268 g/mol. The molecule has 3 heterocycles. The third kappa shape index (κ3) is 1.91. The Hall–Kier alpha value is -1.07. The zero-order valence-corrected chi connectivity index (χ0v) is 11.2. The second kappa shape index (κ2) is 4.55. The number of amides is 1. The maximum atomic E-state index is 12.5. The van der Waals surface area contributed by atoms with E-state index in [0.29, 0.717) is 16.8 Å². The lowest BCUT2D eigenvalue weighted by Gasteiger charge is -2.37. The van der Waals surface area contributed by atoms with Crippen LogP contribution in [0.25, 0.3) is 0 Å². The van der Waals surface area contributed by atoms with Crippen molar-refractivity contribution < 1.29 is 4.79 Å². The van der Waals surface area contributed by atoms with Crippen LogP contribution in [-0.4, -0.2) is 57.7 Å². The number of piperazine rings is 1. The van der Waals surface area contributed by atoms with Gasteiger partial charge in [0.05, 0.1) is 11.2 Å². The van der Waals surface area contributed by atoms with Gasteiger partial charge >= 0.3 is 0 Å². The summed E-state index contributed by atoms with van der Waals surface area (Å²) < 4.78 is 1.56. The molecule has 0 aliphatic carbocycles. The number of hydrogen-bond acceptors (Lipinski definition) is 3. The fraction of sp³-hybridized carbons (Fsp3) is 0.667. The maximum absolute atomic E-state index is 12.5. The summed E-state index contributed by atoms with van der Waals surface area (Å²) in [6.45, 7) is 3.77. The summed E-state index contributed by atoms with van der Waals surface area (Å²) in [6, 6.07) is 0.537. The number of hydrogen-bond donors (Lipinski definition) is 0. The van der Waals surface area contributed by atoms with E-state index in [4.69, 9.17) is 11.6 Å². The lowest BCUT2D eigenvalue weighted by Crippen LogP contribution is -2.52. The second-order valence-corrected chi connectivity index (χ2v) is 5.46. The molecule has 1 aromatic rings. The van der Waals surface area contributed by atoms with E-state index < -0.39 is 0 Å². The number of fused-ring (bicyclic) bond motifs is 1. The molecule has 5 nitrogen and oxygen atoms in total. The lowest BCUT2D eigenvalue weighted by atomic mass is 10.1. The van der Waals surface area contributed by atoms with Gasteiger partial charge in [0, 0.05) is 32.7 Å². The van der Waals surface area contributed by atoms with Gasteiger partial charge in [0.25, 0.3) is 5.91 Å². The molecule has 1 aromatic heterocycles. The number of carbonyl (C=O) groups excluding carboxylic acids is 1. The molecular formula is C12H17ClN4O. The Morgan fingerprint density at radius 2 is 2.28 bits per heavy atom. The van der Waals surface area contributed by atoms with E-state index in [-0.39, 0.29) is 5.91 Å². The number of nitrogens with zero attached hydrogens (tertiary/aromatic N) is 4. The van der Waals surface area contributed by atoms with Gasteiger partial charge in [0.2, 0.25) is 0 Å². The Kier molecular flexibility index (Phi) is 3.03. The minimum Gasteiger partial charge on any atom is -0.334 e. The first-order chi connectivity index (χ1) is 8.66. The highest BCUT2D eigenvalue weighted by atomic mass is 35.5. The van der Waals surface area contributed by atoms with Crippen molar-refractivity contribution in [3.8, 4) is 0 Å². The van der Waals surface area contributed by atoms with Crippen LogP contribution < -0.4 is 0 Å². The molecule has 0 unspecified atom stereocenters. The van der Waals surface area contributed by atoms with Gasteiger partial charge in [-0.3, -0.25) is 14.4 Å². The van der Waals surface area contributed by atoms with Gasteiger partial charge in [0.1, 0.15) is 5.69 Å². The highest BCUT2D eigenvalue weighted by molar-refractivity contribution is 6.33. The molecule has 0 bridgehead atoms. The van der Waals surface area contributed by atoms with Gasteiger partial charge in [-0.1, -0.05) is 11.6 Å². The van der Waals surface area contributed by atoms with Crippen molar-refractivity contribution in [2.75, 3.05) is 26.2 Å². The molecule has 18 heavy (non-hydrogen) atoms. The van der Waals surface area contributed by atoms with Crippen LogP contribution in [0, 0.1) is 0 Å². The minimum atomic E-state index is 0.00606. The highest BCUT2D eigenvalue weighted by Gasteiger charge is 2.34. The van der Waals surface area contributed by atoms with Crippen LogP contribution in [0.3, 0.4) is 0 Å². The number of halogens is 1. The van der Waals surface area contributed by atoms with Crippen molar-refractivity contribution >= 4 is 17.5 Å². The fourth-order valence-corrected chi connectivity index (χ4v) is 3.22. The molecule has 0 N–H and O–H groups in total. The SMILES string of the molecule is Cn1ncc(Cl)c1C(=O)N1CCN2CCC[C@@H]2C1. The van der Waals surface area contributed by atoms with E-state index in [1.54, 1.807) is 11.7 Å². The van der Waals surface area contributed by atoms with Crippen LogP contribution in [0.2, 0.25) is 5.02 Å². The Balaban J connectivity index is 1.77. The van der Waals surface area contributed by atoms with Gasteiger partial charge in [-0.25, -0.2) is 0 Å². The quantitative estimate of drug-likeness (QED) is 0.763. The van der Waals surface area contributed by atoms with E-state index in [1.165, 1.54) is 25.6 Å². The van der Waals surface area contributed by atoms with Crippen molar-refractivity contribution in [2.24, 2.45) is 7.05 Å². The summed E-state index contributed by atoms with van der Waals surface area (Å²) in [5.41, 5.74) is 0.503. The molecule has 6 heteroatoms. The molecular weight excluding hydrogens is 252 g/mol. The van der Waals surface area contributed by atoms with E-state index in [0.717, 1.165) is 19.6 Å². The number of rotatable bonds is 1. The average Bonchev–Trinajstić information content (AvgIpc) is 2.94. The average molecular weight is 269 g/mol. The molecule has 2 aliphatic heterocycles. The maximum Gasteiger partial charge on any atom is 0.273 e. The molecule has 0 aromatic carbocycles. The molecule has 1 amide bonds. The molecule has 3 rings (SSSR count). The zero-order chi connectivity index (χ0) is 12.7. The Morgan fingerprint density at radius 1 is 1.44 bits per heavy atom. The van der Waals surface area contributed by atoms with Crippen LogP contribution in [0.15, 0.2) is 6.20 Å². The molecule has 1 atom stereocenters. The third-order valence-electron chi connectivity index (χ3n) is 3.97. The third-order valence-corrected chi connectivity index (χ3v) is 4.25. The van der Waals surface area contributed by atoms with Crippen molar-refractivity contribution in [3.05, 3.63) is 16.9 Å². The van der Waals surface area contributed by atoms with Crippen LogP contribution in [0.4, 0.5) is 0 Å². The van der Waals surface area contributed by atoms with Gasteiger partial charge in [-0.2, -0.15) is 5.10 Å². The minimum absolute atomic E-state index is 0.00606. The van der Waals surface area contributed by atoms with Gasteiger partial charge in [0.15, 0.2) is 0 Å². The molecule has 0 saturated carbocycles. The number of aromatic nitrogens is 2. The number of carbonyl (C=O) groups is 1. The zero-order valence-electron chi connectivity index (χ0n) is 10.5. The van der Waals surface area contributed by atoms with Gasteiger partial charge < -0.3 is 4.90 Å². The first-order valence-electron chi connectivity index (χ1n) is 6.37. The van der Waals surface area contributed by atoms with Crippen LogP contribution in [0.1, 0.15) is 23.3 Å². The van der Waals surface area contributed by atoms with Gasteiger partial charge in [-0.15, -0.1) is 0 Å². The fourth-order valence-electron chi connectivity index (χ4n) is 2.98. The Labute approximate surface area is 111 Å². The van der Waals surface area contributed by atoms with Crippen molar-refractivity contribution in [1.82, 2.24) is 19.6 Å². The molecule has 2 saturated heterocycles. The summed E-state index contributed by atoms with van der Waals surface area (Å²) in [4.78, 5) is 16.8. The molecule has 0 radical (unpaired) electrons. The second-order valence-electron chi connectivity index (χ2n) is 5.05. The Bertz CT molecular complexity index is 453. The Morgan fingerprint density at radius 3 is 3.00 bits per heavy atom. The first-order valence-corrected chi connectivity index (χ1v) is 6.75. The first kappa shape index (κ1) is 12.0. The molecule has 2 aliphatic rings. The van der Waals surface area contributed by atoms with Gasteiger partial charge in [-0.05, 0) is 19.4 Å². The summed E-state index contributed by atoms with van der Waals surface area (Å²) in [5, 5.41) is 4.47. The molecule has 0 spiro atoms. The van der Waals surface area contributed by atoms with Crippen molar-refractivity contribution in [3.63, 3.8) is 0 Å². The normalized spacial score (nSPS) is 24.3. The predicted octanol–water partition coefficient (Wildman–Crippen LogP) is 0.994. The van der Waals surface area contributed by atoms with E-state index in [9.17, 15) is 4.79 Å².